The molecule has 0 saturated carbocycles. The molecule has 1 aromatic carbocycles. The molecule has 0 aliphatic carbocycles. The second kappa shape index (κ2) is 7.73. The molecule has 0 unspecified atom stereocenters. The maximum absolute atomic E-state index is 12.6. The Balaban J connectivity index is 1.37. The fourth-order valence-electron chi connectivity index (χ4n) is 4.14. The second-order valence-corrected chi connectivity index (χ2v) is 7.91. The molecule has 1 spiro atoms. The zero-order valence-electron chi connectivity index (χ0n) is 16.5. The van der Waals surface area contributed by atoms with Crippen molar-refractivity contribution in [1.29, 1.82) is 0 Å². The maximum Gasteiger partial charge on any atom is 0.410 e. The molecule has 152 valence electrons. The Kier molecular flexibility index (Phi) is 5.13. The van der Waals surface area contributed by atoms with Gasteiger partial charge in [-0.3, -0.25) is 4.79 Å². The molecule has 2 fully saturated rings. The number of likely N-dealkylation sites (tertiary alicyclic amines) is 1. The van der Waals surface area contributed by atoms with Crippen LogP contribution in [0, 0.1) is 0 Å². The lowest BCUT2D eigenvalue weighted by Crippen LogP contribution is -2.49. The van der Waals surface area contributed by atoms with Gasteiger partial charge < -0.3 is 19.6 Å². The predicted octanol–water partition coefficient (Wildman–Crippen LogP) is 3.02. The second-order valence-electron chi connectivity index (χ2n) is 7.91. The van der Waals surface area contributed by atoms with Gasteiger partial charge in [-0.2, -0.15) is 0 Å². The van der Waals surface area contributed by atoms with Crippen molar-refractivity contribution in [2.75, 3.05) is 26.2 Å². The zero-order valence-corrected chi connectivity index (χ0v) is 16.5. The van der Waals surface area contributed by atoms with Crippen LogP contribution in [0.5, 0.6) is 5.75 Å². The molecule has 4 rings (SSSR count). The first-order valence-electron chi connectivity index (χ1n) is 9.93. The minimum atomic E-state index is -0.545. The van der Waals surface area contributed by atoms with Crippen LogP contribution in [0.3, 0.4) is 0 Å². The van der Waals surface area contributed by atoms with Crippen LogP contribution in [0.15, 0.2) is 48.7 Å². The van der Waals surface area contributed by atoms with Crippen LogP contribution in [0.4, 0.5) is 4.79 Å². The summed E-state index contributed by atoms with van der Waals surface area (Å²) in [5.41, 5.74) is 0.707. The van der Waals surface area contributed by atoms with E-state index in [0.717, 1.165) is 0 Å². The Hall–Kier alpha value is -3.09. The number of piperidine rings is 1. The van der Waals surface area contributed by atoms with Crippen LogP contribution in [-0.2, 0) is 4.74 Å². The van der Waals surface area contributed by atoms with E-state index in [1.54, 1.807) is 15.9 Å². The number of aromatic hydroxyl groups is 1. The van der Waals surface area contributed by atoms with E-state index in [4.69, 9.17) is 4.74 Å². The molecule has 29 heavy (non-hydrogen) atoms. The molecule has 2 saturated heterocycles. The van der Waals surface area contributed by atoms with E-state index in [-0.39, 0.29) is 29.4 Å². The Morgan fingerprint density at radius 2 is 1.93 bits per heavy atom. The van der Waals surface area contributed by atoms with Gasteiger partial charge in [-0.1, -0.05) is 37.3 Å². The molecule has 0 bridgehead atoms. The third kappa shape index (κ3) is 3.90. The van der Waals surface area contributed by atoms with Gasteiger partial charge in [-0.05, 0) is 23.6 Å². The van der Waals surface area contributed by atoms with Crippen LogP contribution in [0.2, 0.25) is 0 Å². The standard InChI is InChI=1S/C22H25N3O4/c1-16(17-6-3-2-4-7-17)14-25-15-22(29-21(25)28)9-12-24(13-10-22)20(27)19-18(26)8-5-11-23-19/h2-8,11,16,26H,9-10,12-15H2,1H3/t16-/m1/s1. The molecule has 1 N–H and O–H groups in total. The third-order valence-corrected chi connectivity index (χ3v) is 5.85. The summed E-state index contributed by atoms with van der Waals surface area (Å²) in [4.78, 5) is 32.6. The topological polar surface area (TPSA) is 83.0 Å². The van der Waals surface area contributed by atoms with Gasteiger partial charge in [0.15, 0.2) is 5.69 Å². The number of benzene rings is 1. The lowest BCUT2D eigenvalue weighted by atomic mass is 9.90. The molecule has 1 aromatic heterocycles. The third-order valence-electron chi connectivity index (χ3n) is 5.85. The summed E-state index contributed by atoms with van der Waals surface area (Å²) >= 11 is 0. The number of aromatic nitrogens is 1. The average Bonchev–Trinajstić information content (AvgIpc) is 3.03. The fourth-order valence-corrected chi connectivity index (χ4v) is 4.14. The van der Waals surface area contributed by atoms with Gasteiger partial charge in [0.1, 0.15) is 11.4 Å². The monoisotopic (exact) mass is 395 g/mol. The Morgan fingerprint density at radius 1 is 1.21 bits per heavy atom. The lowest BCUT2D eigenvalue weighted by molar-refractivity contribution is 0.00290. The van der Waals surface area contributed by atoms with Crippen LogP contribution in [0.25, 0.3) is 0 Å². The predicted molar refractivity (Wildman–Crippen MR) is 107 cm³/mol. The van der Waals surface area contributed by atoms with Crippen molar-refractivity contribution in [3.8, 4) is 5.75 Å². The number of pyridine rings is 1. The molecular weight excluding hydrogens is 370 g/mol. The van der Waals surface area contributed by atoms with Crippen molar-refractivity contribution in [1.82, 2.24) is 14.8 Å². The number of carbonyl (C=O) groups is 2. The molecule has 2 aliphatic heterocycles. The zero-order chi connectivity index (χ0) is 20.4. The molecule has 0 radical (unpaired) electrons. The summed E-state index contributed by atoms with van der Waals surface area (Å²) < 4.78 is 5.78. The van der Waals surface area contributed by atoms with Crippen molar-refractivity contribution in [3.63, 3.8) is 0 Å². The SMILES string of the molecule is C[C@H](CN1CC2(CCN(C(=O)c3ncccc3O)CC2)OC1=O)c1ccccc1. The summed E-state index contributed by atoms with van der Waals surface area (Å²) in [5.74, 6) is -0.198. The molecule has 2 aliphatic rings. The first kappa shape index (κ1) is 19.2. The van der Waals surface area contributed by atoms with E-state index in [1.807, 2.05) is 18.2 Å². The van der Waals surface area contributed by atoms with Crippen molar-refractivity contribution in [3.05, 3.63) is 59.9 Å². The van der Waals surface area contributed by atoms with E-state index in [9.17, 15) is 14.7 Å². The van der Waals surface area contributed by atoms with E-state index in [1.165, 1.54) is 17.8 Å². The number of hydrogen-bond acceptors (Lipinski definition) is 5. The first-order chi connectivity index (χ1) is 14.0. The quantitative estimate of drug-likeness (QED) is 0.860. The van der Waals surface area contributed by atoms with Gasteiger partial charge in [-0.25, -0.2) is 9.78 Å². The average molecular weight is 395 g/mol. The van der Waals surface area contributed by atoms with Gasteiger partial charge in [0.25, 0.3) is 5.91 Å². The number of carbonyl (C=O) groups excluding carboxylic acids is 2. The first-order valence-corrected chi connectivity index (χ1v) is 9.93. The summed E-state index contributed by atoms with van der Waals surface area (Å²) in [6.07, 6.45) is 2.36. The fraction of sp³-hybridized carbons (Fsp3) is 0.409. The molecule has 2 aromatic rings. The molecule has 7 heteroatoms. The van der Waals surface area contributed by atoms with Crippen molar-refractivity contribution in [2.24, 2.45) is 0 Å². The number of nitrogens with zero attached hydrogens (tertiary/aromatic N) is 3. The highest BCUT2D eigenvalue weighted by Gasteiger charge is 2.47. The molecule has 7 nitrogen and oxygen atoms in total. The summed E-state index contributed by atoms with van der Waals surface area (Å²) in [6.45, 7) is 4.18. The summed E-state index contributed by atoms with van der Waals surface area (Å²) in [5, 5.41) is 9.88. The normalized spacial score (nSPS) is 19.3. The number of rotatable bonds is 4. The van der Waals surface area contributed by atoms with Gasteiger partial charge in [0.2, 0.25) is 0 Å². The minimum Gasteiger partial charge on any atom is -0.505 e. The smallest absolute Gasteiger partial charge is 0.410 e. The van der Waals surface area contributed by atoms with Crippen molar-refractivity contribution in [2.45, 2.75) is 31.3 Å². The highest BCUT2D eigenvalue weighted by Crippen LogP contribution is 2.35. The minimum absolute atomic E-state index is 0.0604. The van der Waals surface area contributed by atoms with Crippen LogP contribution in [-0.4, -0.2) is 63.7 Å². The van der Waals surface area contributed by atoms with Crippen LogP contribution < -0.4 is 0 Å². The highest BCUT2D eigenvalue weighted by atomic mass is 16.6. The molecule has 1 atom stereocenters. The van der Waals surface area contributed by atoms with Crippen molar-refractivity contribution >= 4 is 12.0 Å². The largest absolute Gasteiger partial charge is 0.505 e. The lowest BCUT2D eigenvalue weighted by Gasteiger charge is -2.37. The van der Waals surface area contributed by atoms with Gasteiger partial charge in [0.05, 0.1) is 6.54 Å². The summed E-state index contributed by atoms with van der Waals surface area (Å²) in [6, 6.07) is 13.2. The van der Waals surface area contributed by atoms with E-state index in [2.05, 4.69) is 24.0 Å². The Labute approximate surface area is 169 Å². The maximum atomic E-state index is 12.6. The van der Waals surface area contributed by atoms with Gasteiger partial charge >= 0.3 is 6.09 Å². The number of amides is 2. The number of hydrogen-bond donors (Lipinski definition) is 1. The van der Waals surface area contributed by atoms with E-state index >= 15 is 0 Å². The Morgan fingerprint density at radius 3 is 2.62 bits per heavy atom. The molecular formula is C22H25N3O4. The number of ether oxygens (including phenoxy) is 1. The van der Waals surface area contributed by atoms with E-state index < -0.39 is 5.60 Å². The van der Waals surface area contributed by atoms with Gasteiger partial charge in [-0.15, -0.1) is 0 Å². The Bertz CT molecular complexity index is 894. The highest BCUT2D eigenvalue weighted by molar-refractivity contribution is 5.94. The molecule has 3 heterocycles. The van der Waals surface area contributed by atoms with Crippen LogP contribution >= 0.6 is 0 Å². The van der Waals surface area contributed by atoms with E-state index in [0.29, 0.717) is 39.0 Å². The molecule has 2 amide bonds. The van der Waals surface area contributed by atoms with Crippen LogP contribution in [0.1, 0.15) is 41.7 Å². The van der Waals surface area contributed by atoms with Crippen molar-refractivity contribution < 1.29 is 19.4 Å². The van der Waals surface area contributed by atoms with Gasteiger partial charge in [0, 0.05) is 38.7 Å². The summed E-state index contributed by atoms with van der Waals surface area (Å²) in [7, 11) is 0.